The second-order valence-corrected chi connectivity index (χ2v) is 7.71. The standard InChI is InChI=1S/C17H20ClNO2S/c1-11-9-12(2)17(13(3)10-11)22(20,21)19-14(4)15-5-7-16(18)8-6-15/h5-10,14,19H,1-4H3/t14-/m0/s1. The molecular weight excluding hydrogens is 318 g/mol. The first kappa shape index (κ1) is 17.0. The molecule has 118 valence electrons. The lowest BCUT2D eigenvalue weighted by molar-refractivity contribution is 0.565. The van der Waals surface area contributed by atoms with Crippen molar-refractivity contribution in [1.29, 1.82) is 0 Å². The van der Waals surface area contributed by atoms with E-state index in [0.717, 1.165) is 22.3 Å². The quantitative estimate of drug-likeness (QED) is 0.903. The molecule has 0 radical (unpaired) electrons. The maximum absolute atomic E-state index is 12.7. The highest BCUT2D eigenvalue weighted by Gasteiger charge is 2.22. The van der Waals surface area contributed by atoms with E-state index in [1.807, 2.05) is 52.0 Å². The van der Waals surface area contributed by atoms with Crippen LogP contribution in [0.15, 0.2) is 41.3 Å². The molecular formula is C17H20ClNO2S. The molecule has 1 N–H and O–H groups in total. The third kappa shape index (κ3) is 3.69. The second-order valence-electron chi connectivity index (χ2n) is 5.62. The van der Waals surface area contributed by atoms with Crippen LogP contribution in [0, 0.1) is 20.8 Å². The van der Waals surface area contributed by atoms with E-state index in [-0.39, 0.29) is 6.04 Å². The van der Waals surface area contributed by atoms with Crippen LogP contribution in [0.2, 0.25) is 5.02 Å². The fraction of sp³-hybridized carbons (Fsp3) is 0.294. The van der Waals surface area contributed by atoms with E-state index in [1.54, 1.807) is 12.1 Å². The Balaban J connectivity index is 2.34. The smallest absolute Gasteiger partial charge is 0.207 e. The Labute approximate surface area is 137 Å². The maximum atomic E-state index is 12.7. The molecule has 0 aromatic heterocycles. The van der Waals surface area contributed by atoms with Crippen LogP contribution >= 0.6 is 11.6 Å². The summed E-state index contributed by atoms with van der Waals surface area (Å²) in [6.07, 6.45) is 0. The van der Waals surface area contributed by atoms with Crippen molar-refractivity contribution >= 4 is 21.6 Å². The molecule has 2 aromatic rings. The summed E-state index contributed by atoms with van der Waals surface area (Å²) in [5.74, 6) is 0. The molecule has 0 fully saturated rings. The molecule has 0 aliphatic heterocycles. The van der Waals surface area contributed by atoms with Gasteiger partial charge in [0.15, 0.2) is 0 Å². The van der Waals surface area contributed by atoms with Gasteiger partial charge in [0.05, 0.1) is 4.90 Å². The Morgan fingerprint density at radius 1 is 1.00 bits per heavy atom. The fourth-order valence-corrected chi connectivity index (χ4v) is 4.51. The zero-order chi connectivity index (χ0) is 16.5. The van der Waals surface area contributed by atoms with Crippen LogP contribution in [0.4, 0.5) is 0 Å². The van der Waals surface area contributed by atoms with Crippen LogP contribution in [-0.2, 0) is 10.0 Å². The molecule has 2 rings (SSSR count). The van der Waals surface area contributed by atoms with Gasteiger partial charge in [-0.2, -0.15) is 0 Å². The summed E-state index contributed by atoms with van der Waals surface area (Å²) in [6.45, 7) is 7.42. The van der Waals surface area contributed by atoms with Crippen molar-refractivity contribution in [2.45, 2.75) is 38.6 Å². The van der Waals surface area contributed by atoms with Gasteiger partial charge < -0.3 is 0 Å². The Kier molecular flexibility index (Phi) is 4.95. The number of halogens is 1. The van der Waals surface area contributed by atoms with Gasteiger partial charge in [-0.05, 0) is 56.5 Å². The Morgan fingerprint density at radius 2 is 1.50 bits per heavy atom. The van der Waals surface area contributed by atoms with Gasteiger partial charge in [0.25, 0.3) is 0 Å². The van der Waals surface area contributed by atoms with Crippen LogP contribution in [0.5, 0.6) is 0 Å². The molecule has 1 atom stereocenters. The van der Waals surface area contributed by atoms with E-state index < -0.39 is 10.0 Å². The predicted octanol–water partition coefficient (Wildman–Crippen LogP) is 4.30. The summed E-state index contributed by atoms with van der Waals surface area (Å²) in [5.41, 5.74) is 3.44. The number of sulfonamides is 1. The average molecular weight is 338 g/mol. The van der Waals surface area contributed by atoms with Gasteiger partial charge in [-0.1, -0.05) is 41.4 Å². The highest BCUT2D eigenvalue weighted by molar-refractivity contribution is 7.89. The van der Waals surface area contributed by atoms with Gasteiger partial charge in [-0.15, -0.1) is 0 Å². The first-order valence-corrected chi connectivity index (χ1v) is 8.92. The first-order valence-electron chi connectivity index (χ1n) is 7.06. The van der Waals surface area contributed by atoms with Crippen LogP contribution < -0.4 is 4.72 Å². The zero-order valence-electron chi connectivity index (χ0n) is 13.1. The molecule has 0 heterocycles. The lowest BCUT2D eigenvalue weighted by Crippen LogP contribution is -2.28. The SMILES string of the molecule is Cc1cc(C)c(S(=O)(=O)N[C@@H](C)c2ccc(Cl)cc2)c(C)c1. The lowest BCUT2D eigenvalue weighted by Gasteiger charge is -2.18. The lowest BCUT2D eigenvalue weighted by atomic mass is 10.1. The first-order chi connectivity index (χ1) is 10.2. The maximum Gasteiger partial charge on any atom is 0.241 e. The monoisotopic (exact) mass is 337 g/mol. The van der Waals surface area contributed by atoms with Crippen molar-refractivity contribution in [3.05, 3.63) is 63.7 Å². The number of hydrogen-bond donors (Lipinski definition) is 1. The fourth-order valence-electron chi connectivity index (χ4n) is 2.70. The van der Waals surface area contributed by atoms with E-state index in [2.05, 4.69) is 4.72 Å². The molecule has 0 amide bonds. The minimum atomic E-state index is -3.58. The van der Waals surface area contributed by atoms with E-state index >= 15 is 0 Å². The largest absolute Gasteiger partial charge is 0.241 e. The van der Waals surface area contributed by atoms with Gasteiger partial charge in [0.2, 0.25) is 10.0 Å². The zero-order valence-corrected chi connectivity index (χ0v) is 14.7. The van der Waals surface area contributed by atoms with Crippen molar-refractivity contribution in [1.82, 2.24) is 4.72 Å². The summed E-state index contributed by atoms with van der Waals surface area (Å²) < 4.78 is 28.1. The summed E-state index contributed by atoms with van der Waals surface area (Å²) in [4.78, 5) is 0.360. The highest BCUT2D eigenvalue weighted by Crippen LogP contribution is 2.24. The normalized spacial score (nSPS) is 13.1. The van der Waals surface area contributed by atoms with E-state index in [9.17, 15) is 8.42 Å². The number of benzene rings is 2. The average Bonchev–Trinajstić information content (AvgIpc) is 2.36. The number of rotatable bonds is 4. The van der Waals surface area contributed by atoms with Gasteiger partial charge in [0, 0.05) is 11.1 Å². The summed E-state index contributed by atoms with van der Waals surface area (Å²) in [6, 6.07) is 10.6. The van der Waals surface area contributed by atoms with Crippen LogP contribution in [0.1, 0.15) is 35.2 Å². The molecule has 3 nitrogen and oxygen atoms in total. The van der Waals surface area contributed by atoms with Crippen molar-refractivity contribution in [2.75, 3.05) is 0 Å². The molecule has 0 saturated carbocycles. The third-order valence-corrected chi connectivity index (χ3v) is 5.67. The van der Waals surface area contributed by atoms with Gasteiger partial charge in [0.1, 0.15) is 0 Å². The van der Waals surface area contributed by atoms with E-state index in [0.29, 0.717) is 9.92 Å². The van der Waals surface area contributed by atoms with Crippen LogP contribution in [0.25, 0.3) is 0 Å². The predicted molar refractivity (Wildman–Crippen MR) is 90.8 cm³/mol. The molecule has 0 aliphatic rings. The number of nitrogens with one attached hydrogen (secondary N) is 1. The van der Waals surface area contributed by atoms with Crippen LogP contribution in [-0.4, -0.2) is 8.42 Å². The highest BCUT2D eigenvalue weighted by atomic mass is 35.5. The van der Waals surface area contributed by atoms with E-state index in [1.165, 1.54) is 0 Å². The molecule has 0 unspecified atom stereocenters. The summed E-state index contributed by atoms with van der Waals surface area (Å²) in [7, 11) is -3.58. The molecule has 0 aliphatic carbocycles. The Hall–Kier alpha value is -1.36. The van der Waals surface area contributed by atoms with Crippen molar-refractivity contribution in [2.24, 2.45) is 0 Å². The molecule has 22 heavy (non-hydrogen) atoms. The minimum absolute atomic E-state index is 0.331. The minimum Gasteiger partial charge on any atom is -0.207 e. The molecule has 0 bridgehead atoms. The summed E-state index contributed by atoms with van der Waals surface area (Å²) in [5, 5.41) is 0.629. The van der Waals surface area contributed by atoms with Gasteiger partial charge in [-0.3, -0.25) is 0 Å². The van der Waals surface area contributed by atoms with Crippen molar-refractivity contribution < 1.29 is 8.42 Å². The van der Waals surface area contributed by atoms with Gasteiger partial charge in [-0.25, -0.2) is 13.1 Å². The van der Waals surface area contributed by atoms with Crippen molar-refractivity contribution in [3.63, 3.8) is 0 Å². The number of hydrogen-bond acceptors (Lipinski definition) is 2. The second kappa shape index (κ2) is 6.41. The van der Waals surface area contributed by atoms with Crippen LogP contribution in [0.3, 0.4) is 0 Å². The third-order valence-electron chi connectivity index (χ3n) is 3.58. The Morgan fingerprint density at radius 3 is 2.00 bits per heavy atom. The topological polar surface area (TPSA) is 46.2 Å². The van der Waals surface area contributed by atoms with Crippen molar-refractivity contribution in [3.8, 4) is 0 Å². The van der Waals surface area contributed by atoms with E-state index in [4.69, 9.17) is 11.6 Å². The molecule has 0 saturated heterocycles. The molecule has 2 aromatic carbocycles. The number of aryl methyl sites for hydroxylation is 3. The summed E-state index contributed by atoms with van der Waals surface area (Å²) >= 11 is 5.86. The molecule has 5 heteroatoms. The Bertz CT molecular complexity index is 760. The van der Waals surface area contributed by atoms with Gasteiger partial charge >= 0.3 is 0 Å². The molecule has 0 spiro atoms.